The Kier molecular flexibility index (Phi) is 7.66. The van der Waals surface area contributed by atoms with E-state index in [0.29, 0.717) is 53.7 Å². The normalized spacial score (nSPS) is 20.0. The Bertz CT molecular complexity index is 1180. The summed E-state index contributed by atoms with van der Waals surface area (Å²) in [6.45, 7) is 8.59. The van der Waals surface area contributed by atoms with Crippen molar-refractivity contribution in [1.29, 1.82) is 0 Å². The highest BCUT2D eigenvalue weighted by molar-refractivity contribution is 6.30. The Morgan fingerprint density at radius 2 is 1.83 bits per heavy atom. The summed E-state index contributed by atoms with van der Waals surface area (Å²) in [6.07, 6.45) is 1.03. The van der Waals surface area contributed by atoms with E-state index in [2.05, 4.69) is 5.32 Å². The van der Waals surface area contributed by atoms with Crippen molar-refractivity contribution in [1.82, 2.24) is 5.32 Å². The van der Waals surface area contributed by atoms with Gasteiger partial charge >= 0.3 is 5.97 Å². The monoisotopic (exact) mass is 493 g/mol. The van der Waals surface area contributed by atoms with Crippen LogP contribution in [0, 0.1) is 5.92 Å². The fourth-order valence-corrected chi connectivity index (χ4v) is 5.04. The standard InChI is InChI=1S/C29H32ClNO4/c1-5-34-25-9-7-6-8-22(25)27-26(29(33)35-16-17(2)3)18(4)31-23-14-20(15-24(32)28(23)27)19-10-12-21(30)13-11-19/h6-13,17,20,27,31H,5,14-16H2,1-4H3/t20-,27-/m0/s1. The number of esters is 1. The van der Waals surface area contributed by atoms with E-state index in [1.165, 1.54) is 0 Å². The number of nitrogens with one attached hydrogen (secondary N) is 1. The summed E-state index contributed by atoms with van der Waals surface area (Å²) < 4.78 is 11.6. The van der Waals surface area contributed by atoms with Gasteiger partial charge in [-0.2, -0.15) is 0 Å². The molecule has 0 saturated heterocycles. The Morgan fingerprint density at radius 3 is 2.51 bits per heavy atom. The number of carbonyl (C=O) groups excluding carboxylic acids is 2. The molecule has 2 aromatic carbocycles. The predicted octanol–water partition coefficient (Wildman–Crippen LogP) is 6.30. The van der Waals surface area contributed by atoms with Crippen molar-refractivity contribution in [2.45, 2.75) is 52.4 Å². The first-order valence-corrected chi connectivity index (χ1v) is 12.6. The van der Waals surface area contributed by atoms with E-state index in [1.54, 1.807) is 0 Å². The molecule has 0 radical (unpaired) electrons. The highest BCUT2D eigenvalue weighted by atomic mass is 35.5. The SMILES string of the molecule is CCOc1ccccc1[C@H]1C(C(=O)OCC(C)C)=C(C)NC2=C1C(=O)C[C@@H](c1ccc(Cl)cc1)C2. The zero-order valence-electron chi connectivity index (χ0n) is 20.7. The van der Waals surface area contributed by atoms with Crippen molar-refractivity contribution in [3.63, 3.8) is 0 Å². The minimum atomic E-state index is -0.549. The summed E-state index contributed by atoms with van der Waals surface area (Å²) in [5.41, 5.74) is 4.54. The van der Waals surface area contributed by atoms with Crippen LogP contribution in [0.5, 0.6) is 5.75 Å². The molecule has 0 saturated carbocycles. The summed E-state index contributed by atoms with van der Waals surface area (Å²) in [4.78, 5) is 27.1. The molecule has 35 heavy (non-hydrogen) atoms. The third-order valence-corrected chi connectivity index (χ3v) is 6.72. The topological polar surface area (TPSA) is 64.6 Å². The molecule has 0 aromatic heterocycles. The molecule has 0 amide bonds. The van der Waals surface area contributed by atoms with Crippen molar-refractivity contribution >= 4 is 23.4 Å². The summed E-state index contributed by atoms with van der Waals surface area (Å²) >= 11 is 6.08. The highest BCUT2D eigenvalue weighted by Gasteiger charge is 2.42. The van der Waals surface area contributed by atoms with Crippen LogP contribution in [0.4, 0.5) is 0 Å². The Balaban J connectivity index is 1.80. The minimum Gasteiger partial charge on any atom is -0.494 e. The second-order valence-corrected chi connectivity index (χ2v) is 9.97. The second kappa shape index (κ2) is 10.7. The molecule has 1 aliphatic carbocycles. The molecule has 2 atom stereocenters. The van der Waals surface area contributed by atoms with Gasteiger partial charge in [-0.05, 0) is 55.9 Å². The van der Waals surface area contributed by atoms with Crippen LogP contribution in [0.2, 0.25) is 5.02 Å². The van der Waals surface area contributed by atoms with E-state index in [0.717, 1.165) is 16.8 Å². The molecule has 0 fully saturated rings. The maximum atomic E-state index is 13.7. The lowest BCUT2D eigenvalue weighted by Gasteiger charge is -2.37. The number of benzene rings is 2. The summed E-state index contributed by atoms with van der Waals surface area (Å²) in [7, 11) is 0. The predicted molar refractivity (Wildman–Crippen MR) is 137 cm³/mol. The van der Waals surface area contributed by atoms with Crippen molar-refractivity contribution in [3.8, 4) is 5.75 Å². The molecule has 6 heteroatoms. The smallest absolute Gasteiger partial charge is 0.336 e. The number of allylic oxidation sites excluding steroid dienone is 3. The number of rotatable bonds is 7. The summed E-state index contributed by atoms with van der Waals surface area (Å²) in [5, 5.41) is 4.07. The van der Waals surface area contributed by atoms with Crippen LogP contribution in [0.3, 0.4) is 0 Å². The number of halogens is 1. The molecule has 1 heterocycles. The van der Waals surface area contributed by atoms with Crippen LogP contribution in [0.15, 0.2) is 71.1 Å². The molecule has 2 aliphatic rings. The van der Waals surface area contributed by atoms with Gasteiger partial charge < -0.3 is 14.8 Å². The van der Waals surface area contributed by atoms with Gasteiger partial charge in [-0.3, -0.25) is 4.79 Å². The summed E-state index contributed by atoms with van der Waals surface area (Å²) in [6, 6.07) is 15.3. The van der Waals surface area contributed by atoms with Crippen LogP contribution in [-0.2, 0) is 14.3 Å². The molecule has 1 N–H and O–H groups in total. The lowest BCUT2D eigenvalue weighted by atomic mass is 9.71. The number of carbonyl (C=O) groups is 2. The van der Waals surface area contributed by atoms with Crippen LogP contribution in [-0.4, -0.2) is 25.0 Å². The van der Waals surface area contributed by atoms with E-state index in [1.807, 2.05) is 76.2 Å². The average Bonchev–Trinajstić information content (AvgIpc) is 2.82. The van der Waals surface area contributed by atoms with Gasteiger partial charge in [0.1, 0.15) is 5.75 Å². The number of dihydropyridines is 1. The van der Waals surface area contributed by atoms with Gasteiger partial charge in [-0.25, -0.2) is 4.79 Å². The van der Waals surface area contributed by atoms with Crippen molar-refractivity contribution in [3.05, 3.63) is 87.2 Å². The van der Waals surface area contributed by atoms with E-state index in [-0.39, 0.29) is 17.6 Å². The number of ketones is 1. The molecule has 2 aromatic rings. The first-order valence-electron chi connectivity index (χ1n) is 12.2. The van der Waals surface area contributed by atoms with Crippen LogP contribution in [0.25, 0.3) is 0 Å². The maximum absolute atomic E-state index is 13.7. The molecule has 4 rings (SSSR count). The number of ether oxygens (including phenoxy) is 2. The fraction of sp³-hybridized carbons (Fsp3) is 0.379. The van der Waals surface area contributed by atoms with Crippen molar-refractivity contribution in [2.24, 2.45) is 5.92 Å². The van der Waals surface area contributed by atoms with Gasteiger partial charge in [0.2, 0.25) is 0 Å². The van der Waals surface area contributed by atoms with Gasteiger partial charge in [0.15, 0.2) is 5.78 Å². The molecule has 0 bridgehead atoms. The largest absolute Gasteiger partial charge is 0.494 e. The zero-order valence-corrected chi connectivity index (χ0v) is 21.4. The minimum absolute atomic E-state index is 0.0247. The van der Waals surface area contributed by atoms with Gasteiger partial charge in [0, 0.05) is 34.0 Å². The third-order valence-electron chi connectivity index (χ3n) is 6.47. The van der Waals surface area contributed by atoms with Gasteiger partial charge in [-0.15, -0.1) is 0 Å². The first-order chi connectivity index (χ1) is 16.8. The maximum Gasteiger partial charge on any atom is 0.336 e. The fourth-order valence-electron chi connectivity index (χ4n) is 4.92. The van der Waals surface area contributed by atoms with E-state index in [9.17, 15) is 9.59 Å². The Labute approximate surface area is 212 Å². The lowest BCUT2D eigenvalue weighted by molar-refractivity contribution is -0.140. The van der Waals surface area contributed by atoms with E-state index >= 15 is 0 Å². The molecular formula is C29H32ClNO4. The van der Waals surface area contributed by atoms with Gasteiger partial charge in [-0.1, -0.05) is 55.8 Å². The van der Waals surface area contributed by atoms with Gasteiger partial charge in [0.25, 0.3) is 0 Å². The molecule has 5 nitrogen and oxygen atoms in total. The third kappa shape index (κ3) is 5.30. The van der Waals surface area contributed by atoms with Crippen LogP contribution < -0.4 is 10.1 Å². The van der Waals surface area contributed by atoms with E-state index < -0.39 is 11.9 Å². The first kappa shape index (κ1) is 25.1. The second-order valence-electron chi connectivity index (χ2n) is 9.53. The molecule has 0 spiro atoms. The molecular weight excluding hydrogens is 462 g/mol. The van der Waals surface area contributed by atoms with Crippen LogP contribution in [0.1, 0.15) is 63.5 Å². The van der Waals surface area contributed by atoms with E-state index in [4.69, 9.17) is 21.1 Å². The molecule has 1 aliphatic heterocycles. The number of hydrogen-bond donors (Lipinski definition) is 1. The quantitative estimate of drug-likeness (QED) is 0.458. The summed E-state index contributed by atoms with van der Waals surface area (Å²) in [5.74, 6) is -0.0145. The average molecular weight is 494 g/mol. The highest BCUT2D eigenvalue weighted by Crippen LogP contribution is 2.47. The van der Waals surface area contributed by atoms with Crippen molar-refractivity contribution < 1.29 is 19.1 Å². The van der Waals surface area contributed by atoms with Crippen molar-refractivity contribution in [2.75, 3.05) is 13.2 Å². The Morgan fingerprint density at radius 1 is 1.11 bits per heavy atom. The van der Waals surface area contributed by atoms with Crippen LogP contribution >= 0.6 is 11.6 Å². The number of para-hydroxylation sites is 1. The lowest BCUT2D eigenvalue weighted by Crippen LogP contribution is -2.36. The number of Topliss-reactive ketones (excluding diaryl/α,β-unsaturated/α-hetero) is 1. The van der Waals surface area contributed by atoms with Gasteiger partial charge in [0.05, 0.1) is 24.7 Å². The zero-order chi connectivity index (χ0) is 25.1. The molecule has 0 unspecified atom stereocenters. The molecule has 184 valence electrons. The Hall–Kier alpha value is -3.05. The number of hydrogen-bond acceptors (Lipinski definition) is 5.